The number of urea groups is 1. The van der Waals surface area contributed by atoms with Gasteiger partial charge in [-0.25, -0.2) is 4.79 Å². The van der Waals surface area contributed by atoms with Crippen LogP contribution in [0.3, 0.4) is 0 Å². The van der Waals surface area contributed by atoms with Gasteiger partial charge in [0, 0.05) is 26.2 Å². The van der Waals surface area contributed by atoms with Gasteiger partial charge >= 0.3 is 6.03 Å². The van der Waals surface area contributed by atoms with E-state index in [0.29, 0.717) is 26.2 Å². The second kappa shape index (κ2) is 8.53. The minimum absolute atomic E-state index is 0.0559. The van der Waals surface area contributed by atoms with Crippen molar-refractivity contribution in [3.05, 3.63) is 50.6 Å². The topological polar surface area (TPSA) is 23.6 Å². The summed E-state index contributed by atoms with van der Waals surface area (Å²) in [5, 5.41) is 0. The van der Waals surface area contributed by atoms with Crippen LogP contribution < -0.4 is 0 Å². The lowest BCUT2D eigenvalue weighted by Gasteiger charge is -2.27. The molecule has 0 unspecified atom stereocenters. The lowest BCUT2D eigenvalue weighted by atomic mass is 10.4. The summed E-state index contributed by atoms with van der Waals surface area (Å²) >= 11 is 0. The molecule has 0 spiro atoms. The second-order valence-electron chi connectivity index (χ2n) is 3.25. The normalized spacial score (nSPS) is 9.00. The number of hydrogen-bond donors (Lipinski definition) is 0. The summed E-state index contributed by atoms with van der Waals surface area (Å²) in [4.78, 5) is 15.4. The van der Waals surface area contributed by atoms with Crippen LogP contribution in [0, 0.1) is 0 Å². The first-order valence-electron chi connectivity index (χ1n) is 5.18. The summed E-state index contributed by atoms with van der Waals surface area (Å²) in [5.74, 6) is 0. The number of hydrogen-bond acceptors (Lipinski definition) is 1. The zero-order valence-corrected chi connectivity index (χ0v) is 9.77. The van der Waals surface area contributed by atoms with Gasteiger partial charge in [-0.2, -0.15) is 0 Å². The molecule has 0 saturated carbocycles. The van der Waals surface area contributed by atoms with Crippen LogP contribution in [-0.4, -0.2) is 42.0 Å². The van der Waals surface area contributed by atoms with Crippen molar-refractivity contribution < 1.29 is 4.79 Å². The molecule has 16 heavy (non-hydrogen) atoms. The van der Waals surface area contributed by atoms with Crippen molar-refractivity contribution in [2.45, 2.75) is 0 Å². The highest BCUT2D eigenvalue weighted by atomic mass is 16.2. The van der Waals surface area contributed by atoms with Crippen LogP contribution in [0.5, 0.6) is 0 Å². The standard InChI is InChI=1S/C13H20N2O/c1-5-9-14(10-6-2)13(16)15(11-7-3)12-8-4/h5-8H,1-4,9-12H2. The third-order valence-electron chi connectivity index (χ3n) is 1.94. The average molecular weight is 220 g/mol. The van der Waals surface area contributed by atoms with E-state index in [4.69, 9.17) is 0 Å². The minimum Gasteiger partial charge on any atom is -0.317 e. The molecule has 0 aromatic carbocycles. The van der Waals surface area contributed by atoms with Crippen molar-refractivity contribution in [1.82, 2.24) is 9.80 Å². The maximum absolute atomic E-state index is 12.1. The van der Waals surface area contributed by atoms with Gasteiger partial charge in [0.15, 0.2) is 0 Å². The fraction of sp³-hybridized carbons (Fsp3) is 0.308. The Labute approximate surface area is 98.0 Å². The second-order valence-corrected chi connectivity index (χ2v) is 3.25. The first-order valence-corrected chi connectivity index (χ1v) is 5.18. The van der Waals surface area contributed by atoms with E-state index in [1.165, 1.54) is 0 Å². The molecule has 0 aliphatic heterocycles. The Morgan fingerprint density at radius 3 is 1.19 bits per heavy atom. The third kappa shape index (κ3) is 4.64. The molecule has 0 heterocycles. The molecule has 0 rings (SSSR count). The summed E-state index contributed by atoms with van der Waals surface area (Å²) < 4.78 is 0. The molecular formula is C13H20N2O. The van der Waals surface area contributed by atoms with Crippen LogP contribution >= 0.6 is 0 Å². The number of nitrogens with zero attached hydrogens (tertiary/aromatic N) is 2. The predicted octanol–water partition coefficient (Wildman–Crippen LogP) is 2.45. The SMILES string of the molecule is C=CCN(CC=C)C(=O)N(CC=C)CC=C. The number of carbonyl (C=O) groups is 1. The van der Waals surface area contributed by atoms with Gasteiger partial charge in [-0.15, -0.1) is 26.3 Å². The Kier molecular flexibility index (Phi) is 7.59. The first kappa shape index (κ1) is 14.2. The van der Waals surface area contributed by atoms with Gasteiger partial charge in [0.1, 0.15) is 0 Å². The van der Waals surface area contributed by atoms with Gasteiger partial charge in [-0.3, -0.25) is 0 Å². The highest BCUT2D eigenvalue weighted by molar-refractivity contribution is 5.75. The molecule has 0 aromatic rings. The molecule has 88 valence electrons. The Morgan fingerprint density at radius 1 is 0.750 bits per heavy atom. The summed E-state index contributed by atoms with van der Waals surface area (Å²) in [6.45, 7) is 16.6. The largest absolute Gasteiger partial charge is 0.321 e. The van der Waals surface area contributed by atoms with Crippen molar-refractivity contribution >= 4 is 6.03 Å². The summed E-state index contributed by atoms with van der Waals surface area (Å²) in [6, 6.07) is -0.0559. The fourth-order valence-electron chi connectivity index (χ4n) is 1.28. The lowest BCUT2D eigenvalue weighted by Crippen LogP contribution is -2.43. The van der Waals surface area contributed by atoms with Crippen molar-refractivity contribution in [3.63, 3.8) is 0 Å². The first-order chi connectivity index (χ1) is 7.71. The molecule has 0 fully saturated rings. The van der Waals surface area contributed by atoms with Gasteiger partial charge in [0.2, 0.25) is 0 Å². The smallest absolute Gasteiger partial charge is 0.317 e. The highest BCUT2D eigenvalue weighted by Gasteiger charge is 2.16. The lowest BCUT2D eigenvalue weighted by molar-refractivity contribution is 0.172. The fourth-order valence-corrected chi connectivity index (χ4v) is 1.28. The number of carbonyl (C=O) groups excluding carboxylic acids is 1. The van der Waals surface area contributed by atoms with Crippen molar-refractivity contribution in [2.75, 3.05) is 26.2 Å². The predicted molar refractivity (Wildman–Crippen MR) is 69.3 cm³/mol. The van der Waals surface area contributed by atoms with Crippen LogP contribution in [0.25, 0.3) is 0 Å². The highest BCUT2D eigenvalue weighted by Crippen LogP contribution is 2.00. The maximum atomic E-state index is 12.1. The van der Waals surface area contributed by atoms with E-state index in [0.717, 1.165) is 0 Å². The molecule has 3 heteroatoms. The van der Waals surface area contributed by atoms with Crippen LogP contribution in [0.15, 0.2) is 50.6 Å². The minimum atomic E-state index is -0.0559. The van der Waals surface area contributed by atoms with Gasteiger partial charge in [-0.1, -0.05) is 24.3 Å². The zero-order chi connectivity index (χ0) is 12.4. The molecule has 0 aliphatic rings. The van der Waals surface area contributed by atoms with E-state index < -0.39 is 0 Å². The number of amides is 2. The van der Waals surface area contributed by atoms with E-state index in [2.05, 4.69) is 26.3 Å². The quantitative estimate of drug-likeness (QED) is 0.576. The van der Waals surface area contributed by atoms with Crippen LogP contribution in [0.2, 0.25) is 0 Å². The van der Waals surface area contributed by atoms with E-state index >= 15 is 0 Å². The maximum Gasteiger partial charge on any atom is 0.321 e. The van der Waals surface area contributed by atoms with Crippen molar-refractivity contribution in [3.8, 4) is 0 Å². The molecule has 2 amide bonds. The van der Waals surface area contributed by atoms with Crippen molar-refractivity contribution in [2.24, 2.45) is 0 Å². The van der Waals surface area contributed by atoms with Crippen molar-refractivity contribution in [1.29, 1.82) is 0 Å². The van der Waals surface area contributed by atoms with Gasteiger partial charge in [0.05, 0.1) is 0 Å². The summed E-state index contributed by atoms with van der Waals surface area (Å²) in [6.07, 6.45) is 6.78. The Bertz CT molecular complexity index is 225. The summed E-state index contributed by atoms with van der Waals surface area (Å²) in [5.41, 5.74) is 0. The molecule has 0 atom stereocenters. The number of rotatable bonds is 8. The van der Waals surface area contributed by atoms with Crippen LogP contribution in [0.4, 0.5) is 4.79 Å². The Morgan fingerprint density at radius 2 is 1.00 bits per heavy atom. The molecule has 0 N–H and O–H groups in total. The Balaban J connectivity index is 4.61. The van der Waals surface area contributed by atoms with Crippen LogP contribution in [-0.2, 0) is 0 Å². The molecule has 0 saturated heterocycles. The zero-order valence-electron chi connectivity index (χ0n) is 9.77. The average Bonchev–Trinajstić information content (AvgIpc) is 2.27. The Hall–Kier alpha value is -1.77. The van der Waals surface area contributed by atoms with E-state index in [1.807, 2.05) is 0 Å². The molecule has 0 bridgehead atoms. The molecule has 0 aliphatic carbocycles. The summed E-state index contributed by atoms with van der Waals surface area (Å²) in [7, 11) is 0. The monoisotopic (exact) mass is 220 g/mol. The molecule has 3 nitrogen and oxygen atoms in total. The van der Waals surface area contributed by atoms with Gasteiger partial charge in [0.25, 0.3) is 0 Å². The van der Waals surface area contributed by atoms with Gasteiger partial charge < -0.3 is 9.80 Å². The van der Waals surface area contributed by atoms with E-state index in [1.54, 1.807) is 34.1 Å². The molecular weight excluding hydrogens is 200 g/mol. The van der Waals surface area contributed by atoms with Gasteiger partial charge in [-0.05, 0) is 0 Å². The molecule has 0 radical (unpaired) electrons. The van der Waals surface area contributed by atoms with E-state index in [9.17, 15) is 4.79 Å². The van der Waals surface area contributed by atoms with Crippen LogP contribution in [0.1, 0.15) is 0 Å². The third-order valence-corrected chi connectivity index (χ3v) is 1.94. The van der Waals surface area contributed by atoms with E-state index in [-0.39, 0.29) is 6.03 Å². The molecule has 0 aromatic heterocycles.